The maximum absolute atomic E-state index is 11.8. The van der Waals surface area contributed by atoms with E-state index < -0.39 is 0 Å². The van der Waals surface area contributed by atoms with Gasteiger partial charge in [0.1, 0.15) is 0 Å². The highest BCUT2D eigenvalue weighted by atomic mass is 79.9. The van der Waals surface area contributed by atoms with E-state index in [1.165, 1.54) is 17.8 Å². The van der Waals surface area contributed by atoms with Gasteiger partial charge in [0.2, 0.25) is 5.91 Å². The number of amides is 1. The monoisotopic (exact) mass is 288 g/mol. The van der Waals surface area contributed by atoms with Crippen LogP contribution in [-0.2, 0) is 4.79 Å². The summed E-state index contributed by atoms with van der Waals surface area (Å²) in [5.41, 5.74) is 0. The Morgan fingerprint density at radius 2 is 2.40 bits per heavy atom. The Bertz CT molecular complexity index is 347. The fourth-order valence-electron chi connectivity index (χ4n) is 1.67. The van der Waals surface area contributed by atoms with Gasteiger partial charge in [0, 0.05) is 0 Å². The summed E-state index contributed by atoms with van der Waals surface area (Å²) in [4.78, 5) is 11.8. The van der Waals surface area contributed by atoms with Crippen LogP contribution in [-0.4, -0.2) is 18.5 Å². The minimum Gasteiger partial charge on any atom is -0.316 e. The van der Waals surface area contributed by atoms with Crippen LogP contribution in [0.5, 0.6) is 0 Å². The summed E-state index contributed by atoms with van der Waals surface area (Å²) >= 11 is 4.91. The van der Waals surface area contributed by atoms with Crippen LogP contribution in [0.15, 0.2) is 15.9 Å². The normalized spacial score (nSPS) is 21.3. The third-order valence-corrected chi connectivity index (χ3v) is 3.99. The number of anilines is 1. The molecule has 0 bridgehead atoms. The first kappa shape index (κ1) is 11.1. The Labute approximate surface area is 101 Å². The number of piperidine rings is 1. The summed E-state index contributed by atoms with van der Waals surface area (Å²) < 4.78 is 1.04. The zero-order valence-corrected chi connectivity index (χ0v) is 10.7. The Balaban J connectivity index is 1.91. The van der Waals surface area contributed by atoms with E-state index in [-0.39, 0.29) is 11.9 Å². The average molecular weight is 289 g/mol. The lowest BCUT2D eigenvalue weighted by atomic mass is 10.0. The molecule has 1 atom stereocenters. The average Bonchev–Trinajstić information content (AvgIpc) is 2.65. The van der Waals surface area contributed by atoms with Gasteiger partial charge in [-0.15, -0.1) is 11.3 Å². The van der Waals surface area contributed by atoms with Crippen LogP contribution >= 0.6 is 27.3 Å². The molecule has 2 rings (SSSR count). The molecule has 0 spiro atoms. The molecule has 1 unspecified atom stereocenters. The predicted molar refractivity (Wildman–Crippen MR) is 66.3 cm³/mol. The topological polar surface area (TPSA) is 41.1 Å². The van der Waals surface area contributed by atoms with Crippen molar-refractivity contribution in [2.75, 3.05) is 11.9 Å². The van der Waals surface area contributed by atoms with E-state index in [9.17, 15) is 4.79 Å². The van der Waals surface area contributed by atoms with Crippen molar-refractivity contribution in [2.45, 2.75) is 25.3 Å². The van der Waals surface area contributed by atoms with Gasteiger partial charge in [0.25, 0.3) is 0 Å². The summed E-state index contributed by atoms with van der Waals surface area (Å²) in [6, 6.07) is 3.84. The molecule has 0 saturated carbocycles. The highest BCUT2D eigenvalue weighted by molar-refractivity contribution is 9.11. The molecule has 1 aliphatic rings. The van der Waals surface area contributed by atoms with Crippen LogP contribution < -0.4 is 10.6 Å². The predicted octanol–water partition coefficient (Wildman–Crippen LogP) is 2.59. The minimum absolute atomic E-state index is 0.0142. The van der Waals surface area contributed by atoms with E-state index in [0.29, 0.717) is 0 Å². The van der Waals surface area contributed by atoms with Gasteiger partial charge in [0.05, 0.1) is 14.8 Å². The van der Waals surface area contributed by atoms with Crippen molar-refractivity contribution in [3.05, 3.63) is 15.9 Å². The van der Waals surface area contributed by atoms with Gasteiger partial charge in [-0.1, -0.05) is 6.42 Å². The number of halogens is 1. The third-order valence-electron chi connectivity index (χ3n) is 2.45. The van der Waals surface area contributed by atoms with Gasteiger partial charge in [-0.2, -0.15) is 0 Å². The molecule has 82 valence electrons. The molecule has 5 heteroatoms. The fourth-order valence-corrected chi connectivity index (χ4v) is 2.95. The molecule has 1 fully saturated rings. The first-order valence-corrected chi connectivity index (χ1v) is 6.66. The molecule has 3 nitrogen and oxygen atoms in total. The molecule has 15 heavy (non-hydrogen) atoms. The molecule has 1 aromatic rings. The maximum Gasteiger partial charge on any atom is 0.242 e. The van der Waals surface area contributed by atoms with Crippen LogP contribution in [0.4, 0.5) is 5.00 Å². The lowest BCUT2D eigenvalue weighted by Gasteiger charge is -2.22. The second kappa shape index (κ2) is 5.09. The third kappa shape index (κ3) is 3.03. The van der Waals surface area contributed by atoms with Crippen molar-refractivity contribution in [3.8, 4) is 0 Å². The fraction of sp³-hybridized carbons (Fsp3) is 0.500. The number of hydrogen-bond acceptors (Lipinski definition) is 3. The molecule has 2 N–H and O–H groups in total. The summed E-state index contributed by atoms with van der Waals surface area (Å²) in [6.07, 6.45) is 3.26. The second-order valence-electron chi connectivity index (χ2n) is 3.60. The standard InChI is InChI=1S/C10H13BrN2OS/c11-8-4-5-9(15-8)13-10(14)7-3-1-2-6-12-7/h4-5,7,12H,1-3,6H2,(H,13,14). The zero-order valence-electron chi connectivity index (χ0n) is 8.25. The van der Waals surface area contributed by atoms with Crippen molar-refractivity contribution in [3.63, 3.8) is 0 Å². The second-order valence-corrected chi connectivity index (χ2v) is 6.06. The largest absolute Gasteiger partial charge is 0.316 e. The van der Waals surface area contributed by atoms with E-state index >= 15 is 0 Å². The Kier molecular flexibility index (Phi) is 3.77. The van der Waals surface area contributed by atoms with Gasteiger partial charge in [0.15, 0.2) is 0 Å². The molecule has 1 saturated heterocycles. The van der Waals surface area contributed by atoms with Crippen molar-refractivity contribution in [2.24, 2.45) is 0 Å². The van der Waals surface area contributed by atoms with Crippen molar-refractivity contribution in [1.29, 1.82) is 0 Å². The van der Waals surface area contributed by atoms with Gasteiger partial charge in [-0.25, -0.2) is 0 Å². The zero-order chi connectivity index (χ0) is 10.7. The molecule has 1 amide bonds. The smallest absolute Gasteiger partial charge is 0.242 e. The molecular formula is C10H13BrN2OS. The Hall–Kier alpha value is -0.390. The molecule has 0 radical (unpaired) electrons. The summed E-state index contributed by atoms with van der Waals surface area (Å²) in [5.74, 6) is 0.0871. The highest BCUT2D eigenvalue weighted by Crippen LogP contribution is 2.26. The summed E-state index contributed by atoms with van der Waals surface area (Å²) in [5, 5.41) is 7.05. The maximum atomic E-state index is 11.8. The van der Waals surface area contributed by atoms with Crippen LogP contribution in [0.1, 0.15) is 19.3 Å². The molecule has 1 aromatic heterocycles. The minimum atomic E-state index is -0.0142. The number of nitrogens with one attached hydrogen (secondary N) is 2. The number of carbonyl (C=O) groups is 1. The highest BCUT2D eigenvalue weighted by Gasteiger charge is 2.20. The van der Waals surface area contributed by atoms with E-state index in [4.69, 9.17) is 0 Å². The summed E-state index contributed by atoms with van der Waals surface area (Å²) in [6.45, 7) is 0.951. The van der Waals surface area contributed by atoms with E-state index in [2.05, 4.69) is 26.6 Å². The molecule has 2 heterocycles. The number of rotatable bonds is 2. The Morgan fingerprint density at radius 1 is 1.53 bits per heavy atom. The first-order valence-electron chi connectivity index (χ1n) is 5.05. The SMILES string of the molecule is O=C(Nc1ccc(Br)s1)C1CCCCN1. The summed E-state index contributed by atoms with van der Waals surface area (Å²) in [7, 11) is 0. The molecule has 0 aliphatic carbocycles. The molecule has 0 aromatic carbocycles. The number of carbonyl (C=O) groups excluding carboxylic acids is 1. The molecular weight excluding hydrogens is 276 g/mol. The van der Waals surface area contributed by atoms with Gasteiger partial charge < -0.3 is 10.6 Å². The first-order chi connectivity index (χ1) is 7.25. The van der Waals surface area contributed by atoms with Crippen LogP contribution in [0.3, 0.4) is 0 Å². The van der Waals surface area contributed by atoms with Gasteiger partial charge >= 0.3 is 0 Å². The van der Waals surface area contributed by atoms with E-state index in [0.717, 1.165) is 28.2 Å². The van der Waals surface area contributed by atoms with E-state index in [1.807, 2.05) is 12.1 Å². The molecule has 1 aliphatic heterocycles. The van der Waals surface area contributed by atoms with Crippen LogP contribution in [0, 0.1) is 0 Å². The number of thiophene rings is 1. The van der Waals surface area contributed by atoms with E-state index in [1.54, 1.807) is 0 Å². The quantitative estimate of drug-likeness (QED) is 0.878. The number of hydrogen-bond donors (Lipinski definition) is 2. The van der Waals surface area contributed by atoms with Crippen molar-refractivity contribution >= 4 is 38.2 Å². The van der Waals surface area contributed by atoms with Crippen molar-refractivity contribution in [1.82, 2.24) is 5.32 Å². The van der Waals surface area contributed by atoms with Crippen molar-refractivity contribution < 1.29 is 4.79 Å². The Morgan fingerprint density at radius 3 is 3.00 bits per heavy atom. The van der Waals surface area contributed by atoms with Crippen LogP contribution in [0.25, 0.3) is 0 Å². The van der Waals surface area contributed by atoms with Gasteiger partial charge in [-0.3, -0.25) is 4.79 Å². The lowest BCUT2D eigenvalue weighted by molar-refractivity contribution is -0.118. The lowest BCUT2D eigenvalue weighted by Crippen LogP contribution is -2.43. The van der Waals surface area contributed by atoms with Crippen LogP contribution in [0.2, 0.25) is 0 Å². The van der Waals surface area contributed by atoms with Gasteiger partial charge in [-0.05, 0) is 47.4 Å².